The summed E-state index contributed by atoms with van der Waals surface area (Å²) in [5.74, 6) is -1.00. The Bertz CT molecular complexity index is 757. The van der Waals surface area contributed by atoms with Crippen molar-refractivity contribution in [1.82, 2.24) is 0 Å². The summed E-state index contributed by atoms with van der Waals surface area (Å²) < 4.78 is 11.8. The van der Waals surface area contributed by atoms with Crippen molar-refractivity contribution >= 4 is 34.5 Å². The SMILES string of the molecule is CCCCCCCOC(=O)c1ccccc1C(=O)OCc1cccc(I)c1. The van der Waals surface area contributed by atoms with Gasteiger partial charge in [0.05, 0.1) is 17.7 Å². The van der Waals surface area contributed by atoms with Crippen molar-refractivity contribution in [3.8, 4) is 0 Å². The molecule has 0 aliphatic rings. The minimum absolute atomic E-state index is 0.163. The fourth-order valence-electron chi connectivity index (χ4n) is 2.64. The monoisotopic (exact) mass is 480 g/mol. The Labute approximate surface area is 174 Å². The number of esters is 2. The van der Waals surface area contributed by atoms with Crippen LogP contribution in [0.5, 0.6) is 0 Å². The van der Waals surface area contributed by atoms with Gasteiger partial charge in [-0.15, -0.1) is 0 Å². The molecule has 0 heterocycles. The van der Waals surface area contributed by atoms with Gasteiger partial charge in [0.2, 0.25) is 0 Å². The van der Waals surface area contributed by atoms with Gasteiger partial charge in [-0.05, 0) is 58.8 Å². The highest BCUT2D eigenvalue weighted by Crippen LogP contribution is 2.15. The molecular weight excluding hydrogens is 455 g/mol. The molecule has 0 aliphatic heterocycles. The number of hydrogen-bond acceptors (Lipinski definition) is 4. The van der Waals surface area contributed by atoms with Gasteiger partial charge < -0.3 is 9.47 Å². The van der Waals surface area contributed by atoms with Gasteiger partial charge in [0.25, 0.3) is 0 Å². The average molecular weight is 480 g/mol. The van der Waals surface area contributed by atoms with E-state index < -0.39 is 11.9 Å². The van der Waals surface area contributed by atoms with Crippen molar-refractivity contribution in [3.63, 3.8) is 0 Å². The van der Waals surface area contributed by atoms with Gasteiger partial charge in [0.1, 0.15) is 6.61 Å². The number of rotatable bonds is 10. The second-order valence-electron chi connectivity index (χ2n) is 6.30. The summed E-state index contributed by atoms with van der Waals surface area (Å²) in [6.07, 6.45) is 5.40. The summed E-state index contributed by atoms with van der Waals surface area (Å²) in [4.78, 5) is 24.8. The summed E-state index contributed by atoms with van der Waals surface area (Å²) in [6.45, 7) is 2.69. The standard InChI is InChI=1S/C22H25IO4/c1-2-3-4-5-8-14-26-21(24)19-12-6-7-13-20(19)22(25)27-16-17-10-9-11-18(23)15-17/h6-7,9-13,15H,2-5,8,14,16H2,1H3. The van der Waals surface area contributed by atoms with Gasteiger partial charge in [-0.1, -0.05) is 56.9 Å². The van der Waals surface area contributed by atoms with Crippen LogP contribution in [0.25, 0.3) is 0 Å². The summed E-state index contributed by atoms with van der Waals surface area (Å²) >= 11 is 2.21. The lowest BCUT2D eigenvalue weighted by Gasteiger charge is -2.10. The van der Waals surface area contributed by atoms with Gasteiger partial charge in [-0.25, -0.2) is 9.59 Å². The van der Waals surface area contributed by atoms with Crippen molar-refractivity contribution in [2.45, 2.75) is 45.6 Å². The quantitative estimate of drug-likeness (QED) is 0.246. The zero-order chi connectivity index (χ0) is 19.5. The van der Waals surface area contributed by atoms with E-state index in [9.17, 15) is 9.59 Å². The van der Waals surface area contributed by atoms with Crippen molar-refractivity contribution in [2.75, 3.05) is 6.61 Å². The fraction of sp³-hybridized carbons (Fsp3) is 0.364. The highest BCUT2D eigenvalue weighted by molar-refractivity contribution is 14.1. The smallest absolute Gasteiger partial charge is 0.339 e. The van der Waals surface area contributed by atoms with E-state index in [0.29, 0.717) is 6.61 Å². The average Bonchev–Trinajstić information content (AvgIpc) is 2.68. The summed E-state index contributed by atoms with van der Waals surface area (Å²) in [5, 5.41) is 0. The maximum absolute atomic E-state index is 12.4. The molecule has 4 nitrogen and oxygen atoms in total. The molecule has 0 fully saturated rings. The molecule has 0 saturated carbocycles. The van der Waals surface area contributed by atoms with Crippen LogP contribution in [0.1, 0.15) is 65.3 Å². The Kier molecular flexibility index (Phi) is 9.31. The van der Waals surface area contributed by atoms with Crippen molar-refractivity contribution < 1.29 is 19.1 Å². The molecule has 0 saturated heterocycles. The maximum atomic E-state index is 12.4. The van der Waals surface area contributed by atoms with E-state index in [1.807, 2.05) is 24.3 Å². The molecule has 2 aromatic carbocycles. The van der Waals surface area contributed by atoms with E-state index in [1.165, 1.54) is 12.8 Å². The summed E-state index contributed by atoms with van der Waals surface area (Å²) in [6, 6.07) is 14.4. The van der Waals surface area contributed by atoms with Crippen molar-refractivity contribution in [1.29, 1.82) is 0 Å². The Hall–Kier alpha value is -1.89. The Morgan fingerprint density at radius 2 is 1.52 bits per heavy atom. The maximum Gasteiger partial charge on any atom is 0.339 e. The van der Waals surface area contributed by atoms with Crippen LogP contribution in [0.15, 0.2) is 48.5 Å². The zero-order valence-corrected chi connectivity index (χ0v) is 17.7. The first-order chi connectivity index (χ1) is 13.1. The fourth-order valence-corrected chi connectivity index (χ4v) is 3.25. The number of hydrogen-bond donors (Lipinski definition) is 0. The Balaban J connectivity index is 1.91. The molecule has 144 valence electrons. The second kappa shape index (κ2) is 11.7. The van der Waals surface area contributed by atoms with Gasteiger partial charge in [-0.2, -0.15) is 0 Å². The van der Waals surface area contributed by atoms with Crippen LogP contribution in [-0.2, 0) is 16.1 Å². The van der Waals surface area contributed by atoms with Crippen LogP contribution in [0.4, 0.5) is 0 Å². The predicted octanol–water partition coefficient (Wildman–Crippen LogP) is 5.78. The minimum Gasteiger partial charge on any atom is -0.462 e. The highest BCUT2D eigenvalue weighted by Gasteiger charge is 2.19. The van der Waals surface area contributed by atoms with E-state index >= 15 is 0 Å². The number of unbranched alkanes of at least 4 members (excludes halogenated alkanes) is 4. The molecule has 5 heteroatoms. The number of benzene rings is 2. The molecule has 27 heavy (non-hydrogen) atoms. The number of carbonyl (C=O) groups excluding carboxylic acids is 2. The van der Waals surface area contributed by atoms with Crippen LogP contribution in [0, 0.1) is 3.57 Å². The third-order valence-corrected chi connectivity index (χ3v) is 4.78. The number of halogens is 1. The van der Waals surface area contributed by atoms with E-state index in [2.05, 4.69) is 29.5 Å². The molecule has 0 aliphatic carbocycles. The third kappa shape index (κ3) is 7.33. The number of ether oxygens (including phenoxy) is 2. The second-order valence-corrected chi connectivity index (χ2v) is 7.55. The molecule has 0 aromatic heterocycles. The van der Waals surface area contributed by atoms with E-state index in [0.717, 1.165) is 28.4 Å². The van der Waals surface area contributed by atoms with Gasteiger partial charge >= 0.3 is 11.9 Å². The summed E-state index contributed by atoms with van der Waals surface area (Å²) in [7, 11) is 0. The lowest BCUT2D eigenvalue weighted by atomic mass is 10.1. The van der Waals surface area contributed by atoms with Crippen molar-refractivity contribution in [2.24, 2.45) is 0 Å². The highest BCUT2D eigenvalue weighted by atomic mass is 127. The topological polar surface area (TPSA) is 52.6 Å². The van der Waals surface area contributed by atoms with Crippen LogP contribution < -0.4 is 0 Å². The zero-order valence-electron chi connectivity index (χ0n) is 15.6. The molecule has 0 atom stereocenters. The predicted molar refractivity (Wildman–Crippen MR) is 114 cm³/mol. The summed E-state index contributed by atoms with van der Waals surface area (Å²) in [5.41, 5.74) is 1.39. The molecule has 0 unspecified atom stereocenters. The number of carbonyl (C=O) groups is 2. The van der Waals surface area contributed by atoms with Crippen LogP contribution >= 0.6 is 22.6 Å². The lowest BCUT2D eigenvalue weighted by Crippen LogP contribution is -2.14. The minimum atomic E-state index is -0.524. The van der Waals surface area contributed by atoms with Gasteiger partial charge in [0.15, 0.2) is 0 Å². The molecule has 0 N–H and O–H groups in total. The third-order valence-electron chi connectivity index (χ3n) is 4.11. The Morgan fingerprint density at radius 3 is 2.19 bits per heavy atom. The molecule has 0 bridgehead atoms. The molecule has 2 rings (SSSR count). The first-order valence-electron chi connectivity index (χ1n) is 9.29. The van der Waals surface area contributed by atoms with Crippen LogP contribution in [0.2, 0.25) is 0 Å². The lowest BCUT2D eigenvalue weighted by molar-refractivity contribution is 0.0436. The largest absolute Gasteiger partial charge is 0.462 e. The van der Waals surface area contributed by atoms with E-state index in [1.54, 1.807) is 24.3 Å². The van der Waals surface area contributed by atoms with E-state index in [-0.39, 0.29) is 17.7 Å². The van der Waals surface area contributed by atoms with Gasteiger partial charge in [0, 0.05) is 3.57 Å². The molecule has 0 spiro atoms. The van der Waals surface area contributed by atoms with E-state index in [4.69, 9.17) is 9.47 Å². The molecule has 0 amide bonds. The molecular formula is C22H25IO4. The molecule has 2 aromatic rings. The van der Waals surface area contributed by atoms with Crippen LogP contribution in [-0.4, -0.2) is 18.5 Å². The normalized spacial score (nSPS) is 10.4. The Morgan fingerprint density at radius 1 is 0.852 bits per heavy atom. The van der Waals surface area contributed by atoms with Crippen molar-refractivity contribution in [3.05, 3.63) is 68.8 Å². The van der Waals surface area contributed by atoms with Gasteiger partial charge in [-0.3, -0.25) is 0 Å². The first-order valence-corrected chi connectivity index (χ1v) is 10.4. The first kappa shape index (κ1) is 21.4. The molecule has 0 radical (unpaired) electrons. The van der Waals surface area contributed by atoms with Crippen LogP contribution in [0.3, 0.4) is 0 Å².